The molecule has 0 aliphatic rings. The third kappa shape index (κ3) is 3.47. The summed E-state index contributed by atoms with van der Waals surface area (Å²) in [7, 11) is 0. The molecule has 1 N–H and O–H groups in total. The van der Waals surface area contributed by atoms with Crippen molar-refractivity contribution < 1.29 is 4.42 Å². The summed E-state index contributed by atoms with van der Waals surface area (Å²) in [4.78, 5) is 0. The predicted molar refractivity (Wildman–Crippen MR) is 54.6 cm³/mol. The number of rotatable bonds is 4. The first-order valence-electron chi connectivity index (χ1n) is 4.57. The van der Waals surface area contributed by atoms with Gasteiger partial charge in [-0.25, -0.2) is 0 Å². The SMILES string of the molecule is CC(C)=CCNCc1occc1C. The standard InChI is InChI=1S/C11H17NO/c1-9(2)4-6-12-8-11-10(3)5-7-13-11/h4-5,7,12H,6,8H2,1-3H3. The zero-order chi connectivity index (χ0) is 9.68. The summed E-state index contributed by atoms with van der Waals surface area (Å²) in [5.74, 6) is 1.03. The smallest absolute Gasteiger partial charge is 0.120 e. The normalized spacial score (nSPS) is 10.1. The van der Waals surface area contributed by atoms with Crippen LogP contribution in [-0.4, -0.2) is 6.54 Å². The summed E-state index contributed by atoms with van der Waals surface area (Å²) < 4.78 is 5.29. The van der Waals surface area contributed by atoms with Gasteiger partial charge in [-0.15, -0.1) is 0 Å². The molecule has 0 aliphatic carbocycles. The minimum Gasteiger partial charge on any atom is -0.468 e. The minimum absolute atomic E-state index is 0.808. The first-order chi connectivity index (χ1) is 6.20. The van der Waals surface area contributed by atoms with Crippen LogP contribution in [0.1, 0.15) is 25.2 Å². The van der Waals surface area contributed by atoms with Gasteiger partial charge in [-0.3, -0.25) is 0 Å². The van der Waals surface area contributed by atoms with Crippen molar-refractivity contribution in [3.05, 3.63) is 35.3 Å². The summed E-state index contributed by atoms with van der Waals surface area (Å²) in [6.45, 7) is 7.96. The molecule has 2 nitrogen and oxygen atoms in total. The lowest BCUT2D eigenvalue weighted by molar-refractivity contribution is 0.487. The minimum atomic E-state index is 0.808. The van der Waals surface area contributed by atoms with Gasteiger partial charge in [0.1, 0.15) is 5.76 Å². The summed E-state index contributed by atoms with van der Waals surface area (Å²) in [5.41, 5.74) is 2.55. The summed E-state index contributed by atoms with van der Waals surface area (Å²) >= 11 is 0. The van der Waals surface area contributed by atoms with Crippen molar-refractivity contribution in [1.29, 1.82) is 0 Å². The Hall–Kier alpha value is -1.02. The van der Waals surface area contributed by atoms with Crippen LogP contribution in [0, 0.1) is 6.92 Å². The van der Waals surface area contributed by atoms with Gasteiger partial charge in [-0.05, 0) is 32.4 Å². The zero-order valence-electron chi connectivity index (χ0n) is 8.55. The number of allylic oxidation sites excluding steroid dienone is 1. The van der Waals surface area contributed by atoms with Gasteiger partial charge < -0.3 is 9.73 Å². The molecule has 0 saturated carbocycles. The van der Waals surface area contributed by atoms with Crippen molar-refractivity contribution in [2.24, 2.45) is 0 Å². The van der Waals surface area contributed by atoms with E-state index in [0.717, 1.165) is 18.8 Å². The van der Waals surface area contributed by atoms with E-state index in [1.165, 1.54) is 11.1 Å². The molecule has 2 heteroatoms. The number of nitrogens with one attached hydrogen (secondary N) is 1. The first-order valence-corrected chi connectivity index (χ1v) is 4.57. The molecule has 0 saturated heterocycles. The first kappa shape index (κ1) is 10.1. The van der Waals surface area contributed by atoms with Crippen molar-refractivity contribution >= 4 is 0 Å². The maximum Gasteiger partial charge on any atom is 0.120 e. The lowest BCUT2D eigenvalue weighted by Crippen LogP contribution is -2.13. The average molecular weight is 179 g/mol. The third-order valence-corrected chi connectivity index (χ3v) is 1.91. The van der Waals surface area contributed by atoms with Crippen LogP contribution in [0.3, 0.4) is 0 Å². The van der Waals surface area contributed by atoms with Gasteiger partial charge in [0, 0.05) is 6.54 Å². The van der Waals surface area contributed by atoms with E-state index >= 15 is 0 Å². The highest BCUT2D eigenvalue weighted by molar-refractivity contribution is 5.14. The number of aryl methyl sites for hydroxylation is 1. The molecule has 1 rings (SSSR count). The highest BCUT2D eigenvalue weighted by atomic mass is 16.3. The van der Waals surface area contributed by atoms with Crippen LogP contribution in [0.15, 0.2) is 28.4 Å². The van der Waals surface area contributed by atoms with E-state index in [4.69, 9.17) is 4.42 Å². The van der Waals surface area contributed by atoms with Gasteiger partial charge in [0.05, 0.1) is 12.8 Å². The Bertz CT molecular complexity index is 282. The monoisotopic (exact) mass is 179 g/mol. The van der Waals surface area contributed by atoms with Crippen LogP contribution in [0.2, 0.25) is 0 Å². The largest absolute Gasteiger partial charge is 0.468 e. The second-order valence-electron chi connectivity index (χ2n) is 3.44. The fraction of sp³-hybridized carbons (Fsp3) is 0.455. The van der Waals surface area contributed by atoms with Gasteiger partial charge >= 0.3 is 0 Å². The molecule has 1 heterocycles. The molecular formula is C11H17NO. The molecule has 0 atom stereocenters. The molecule has 0 amide bonds. The van der Waals surface area contributed by atoms with E-state index in [1.807, 2.05) is 6.07 Å². The molecule has 1 aromatic rings. The summed E-state index contributed by atoms with van der Waals surface area (Å²) in [5, 5.41) is 3.29. The van der Waals surface area contributed by atoms with E-state index in [0.29, 0.717) is 0 Å². The molecule has 0 aromatic carbocycles. The maximum absolute atomic E-state index is 5.29. The van der Waals surface area contributed by atoms with Crippen molar-refractivity contribution in [1.82, 2.24) is 5.32 Å². The fourth-order valence-corrected chi connectivity index (χ4v) is 1.05. The van der Waals surface area contributed by atoms with Crippen LogP contribution in [0.4, 0.5) is 0 Å². The van der Waals surface area contributed by atoms with Crippen molar-refractivity contribution in [2.75, 3.05) is 6.54 Å². The summed E-state index contributed by atoms with van der Waals surface area (Å²) in [6, 6.07) is 1.98. The van der Waals surface area contributed by atoms with E-state index in [9.17, 15) is 0 Å². The number of furan rings is 1. The zero-order valence-corrected chi connectivity index (χ0v) is 8.55. The highest BCUT2D eigenvalue weighted by Gasteiger charge is 1.98. The topological polar surface area (TPSA) is 25.2 Å². The van der Waals surface area contributed by atoms with Crippen LogP contribution in [0.5, 0.6) is 0 Å². The van der Waals surface area contributed by atoms with E-state index in [-0.39, 0.29) is 0 Å². The average Bonchev–Trinajstić information content (AvgIpc) is 2.45. The van der Waals surface area contributed by atoms with E-state index < -0.39 is 0 Å². The van der Waals surface area contributed by atoms with Crippen LogP contribution in [-0.2, 0) is 6.54 Å². The van der Waals surface area contributed by atoms with Gasteiger partial charge in [0.15, 0.2) is 0 Å². The Morgan fingerprint density at radius 2 is 2.31 bits per heavy atom. The number of hydrogen-bond acceptors (Lipinski definition) is 2. The van der Waals surface area contributed by atoms with Gasteiger partial charge in [0.25, 0.3) is 0 Å². The van der Waals surface area contributed by atoms with Crippen molar-refractivity contribution in [2.45, 2.75) is 27.3 Å². The van der Waals surface area contributed by atoms with E-state index in [2.05, 4.69) is 32.2 Å². The Morgan fingerprint density at radius 3 is 2.85 bits per heavy atom. The molecule has 0 fully saturated rings. The van der Waals surface area contributed by atoms with Crippen LogP contribution < -0.4 is 5.32 Å². The van der Waals surface area contributed by atoms with E-state index in [1.54, 1.807) is 6.26 Å². The van der Waals surface area contributed by atoms with Crippen molar-refractivity contribution in [3.63, 3.8) is 0 Å². The molecule has 72 valence electrons. The lowest BCUT2D eigenvalue weighted by atomic mass is 10.3. The Balaban J connectivity index is 2.28. The van der Waals surface area contributed by atoms with Gasteiger partial charge in [-0.1, -0.05) is 11.6 Å². The molecule has 0 unspecified atom stereocenters. The quantitative estimate of drug-likeness (QED) is 0.568. The molecule has 13 heavy (non-hydrogen) atoms. The predicted octanol–water partition coefficient (Wildman–Crippen LogP) is 2.64. The Kier molecular flexibility index (Phi) is 3.77. The van der Waals surface area contributed by atoms with Crippen molar-refractivity contribution in [3.8, 4) is 0 Å². The molecule has 1 aromatic heterocycles. The molecule has 0 aliphatic heterocycles. The molecular weight excluding hydrogens is 162 g/mol. The molecule has 0 bridgehead atoms. The van der Waals surface area contributed by atoms with Gasteiger partial charge in [0.2, 0.25) is 0 Å². The van der Waals surface area contributed by atoms with Crippen LogP contribution >= 0.6 is 0 Å². The summed E-state index contributed by atoms with van der Waals surface area (Å²) in [6.07, 6.45) is 3.89. The molecule has 0 spiro atoms. The lowest BCUT2D eigenvalue weighted by Gasteiger charge is -1.99. The second kappa shape index (κ2) is 4.87. The Morgan fingerprint density at radius 1 is 1.54 bits per heavy atom. The number of hydrogen-bond donors (Lipinski definition) is 1. The Labute approximate surface area is 79.6 Å². The highest BCUT2D eigenvalue weighted by Crippen LogP contribution is 2.07. The molecule has 0 radical (unpaired) electrons. The maximum atomic E-state index is 5.29. The van der Waals surface area contributed by atoms with Crippen LogP contribution in [0.25, 0.3) is 0 Å². The third-order valence-electron chi connectivity index (χ3n) is 1.91. The van der Waals surface area contributed by atoms with Gasteiger partial charge in [-0.2, -0.15) is 0 Å². The second-order valence-corrected chi connectivity index (χ2v) is 3.44. The fourth-order valence-electron chi connectivity index (χ4n) is 1.05.